The lowest BCUT2D eigenvalue weighted by molar-refractivity contribution is -0.0592. The Balaban J connectivity index is 1.94. The molecule has 2 rings (SSSR count). The Bertz CT molecular complexity index is 500. The van der Waals surface area contributed by atoms with Gasteiger partial charge in [0.25, 0.3) is 0 Å². The average Bonchev–Trinajstić information content (AvgIpc) is 2.52. The van der Waals surface area contributed by atoms with E-state index < -0.39 is 24.4 Å². The third kappa shape index (κ3) is 3.98. The summed E-state index contributed by atoms with van der Waals surface area (Å²) in [5.74, 6) is 0. The van der Waals surface area contributed by atoms with Crippen LogP contribution in [0.1, 0.15) is 12.0 Å². The molecule has 1 aliphatic carbocycles. The summed E-state index contributed by atoms with van der Waals surface area (Å²) in [4.78, 5) is 4.23. The zero-order valence-corrected chi connectivity index (χ0v) is 11.7. The average molecular weight is 291 g/mol. The van der Waals surface area contributed by atoms with Crippen LogP contribution in [0.15, 0.2) is 47.0 Å². The standard InChI is InChI=1S/C16H21NO4/c18-10-12-9-13(15(20)16(21)14(12)19)17-8-4-7-11-5-2-1-3-6-11/h1-3,5-6,8-9,13-16,18-21H,4,7,10H2. The maximum atomic E-state index is 9.89. The van der Waals surface area contributed by atoms with Crippen molar-refractivity contribution in [3.05, 3.63) is 47.5 Å². The van der Waals surface area contributed by atoms with Crippen molar-refractivity contribution in [1.29, 1.82) is 0 Å². The molecule has 1 aromatic rings. The molecule has 4 N–H and O–H groups in total. The second-order valence-electron chi connectivity index (χ2n) is 5.17. The van der Waals surface area contributed by atoms with Crippen molar-refractivity contribution in [1.82, 2.24) is 0 Å². The highest BCUT2D eigenvalue weighted by atomic mass is 16.4. The molecule has 1 aliphatic rings. The molecular weight excluding hydrogens is 270 g/mol. The maximum absolute atomic E-state index is 9.89. The largest absolute Gasteiger partial charge is 0.392 e. The van der Waals surface area contributed by atoms with E-state index in [0.717, 1.165) is 6.42 Å². The second-order valence-corrected chi connectivity index (χ2v) is 5.17. The molecule has 4 unspecified atom stereocenters. The van der Waals surface area contributed by atoms with Gasteiger partial charge in [0.05, 0.1) is 12.6 Å². The van der Waals surface area contributed by atoms with Crippen molar-refractivity contribution in [2.75, 3.05) is 6.61 Å². The van der Waals surface area contributed by atoms with Gasteiger partial charge in [-0.2, -0.15) is 0 Å². The molecule has 0 radical (unpaired) electrons. The predicted molar refractivity (Wildman–Crippen MR) is 80.2 cm³/mol. The van der Waals surface area contributed by atoms with E-state index in [1.807, 2.05) is 30.3 Å². The Kier molecular flexibility index (Phi) is 5.64. The number of aryl methyl sites for hydroxylation is 1. The van der Waals surface area contributed by atoms with Gasteiger partial charge in [0.15, 0.2) is 0 Å². The Labute approximate surface area is 123 Å². The van der Waals surface area contributed by atoms with Crippen molar-refractivity contribution in [2.24, 2.45) is 4.99 Å². The number of hydrogen-bond acceptors (Lipinski definition) is 5. The van der Waals surface area contributed by atoms with Crippen LogP contribution in [0.2, 0.25) is 0 Å². The molecular formula is C16H21NO4. The van der Waals surface area contributed by atoms with Gasteiger partial charge in [-0.05, 0) is 30.2 Å². The van der Waals surface area contributed by atoms with Crippen molar-refractivity contribution < 1.29 is 20.4 Å². The maximum Gasteiger partial charge on any atom is 0.112 e. The molecule has 0 saturated heterocycles. The first kappa shape index (κ1) is 15.9. The number of aliphatic hydroxyl groups excluding tert-OH is 4. The Morgan fingerprint density at radius 2 is 1.76 bits per heavy atom. The van der Waals surface area contributed by atoms with E-state index in [-0.39, 0.29) is 12.2 Å². The van der Waals surface area contributed by atoms with Gasteiger partial charge in [0.1, 0.15) is 18.3 Å². The smallest absolute Gasteiger partial charge is 0.112 e. The summed E-state index contributed by atoms with van der Waals surface area (Å²) in [6.07, 6.45) is 1.05. The van der Waals surface area contributed by atoms with E-state index in [4.69, 9.17) is 5.11 Å². The molecule has 0 bridgehead atoms. The van der Waals surface area contributed by atoms with E-state index in [9.17, 15) is 15.3 Å². The molecule has 21 heavy (non-hydrogen) atoms. The Hall–Kier alpha value is -1.53. The first-order valence-electron chi connectivity index (χ1n) is 7.04. The topological polar surface area (TPSA) is 93.3 Å². The number of nitrogens with zero attached hydrogens (tertiary/aromatic N) is 1. The predicted octanol–water partition coefficient (Wildman–Crippen LogP) is 0.0736. The number of hydrogen-bond donors (Lipinski definition) is 4. The lowest BCUT2D eigenvalue weighted by Gasteiger charge is -2.32. The number of aliphatic imine (C=N–C) groups is 1. The zero-order chi connectivity index (χ0) is 15.2. The summed E-state index contributed by atoms with van der Waals surface area (Å²) in [5.41, 5.74) is 1.49. The SMILES string of the molecule is OCC1=CC(N=CCCc2ccccc2)C(O)C(O)C1O. The van der Waals surface area contributed by atoms with Crippen molar-refractivity contribution in [2.45, 2.75) is 37.2 Å². The van der Waals surface area contributed by atoms with Crippen LogP contribution in [0, 0.1) is 0 Å². The lowest BCUT2D eigenvalue weighted by atomic mass is 9.88. The van der Waals surface area contributed by atoms with Gasteiger partial charge in [0.2, 0.25) is 0 Å². The lowest BCUT2D eigenvalue weighted by Crippen LogP contribution is -2.48. The minimum Gasteiger partial charge on any atom is -0.392 e. The third-order valence-electron chi connectivity index (χ3n) is 3.65. The summed E-state index contributed by atoms with van der Waals surface area (Å²) < 4.78 is 0. The molecule has 0 amide bonds. The fraction of sp³-hybridized carbons (Fsp3) is 0.438. The van der Waals surface area contributed by atoms with Crippen LogP contribution in [-0.2, 0) is 6.42 Å². The quantitative estimate of drug-likeness (QED) is 0.456. The zero-order valence-electron chi connectivity index (χ0n) is 11.7. The molecule has 1 aromatic carbocycles. The highest BCUT2D eigenvalue weighted by Crippen LogP contribution is 2.22. The molecule has 0 spiro atoms. The first-order chi connectivity index (χ1) is 10.1. The van der Waals surface area contributed by atoms with Crippen LogP contribution in [-0.4, -0.2) is 57.6 Å². The Morgan fingerprint density at radius 3 is 2.43 bits per heavy atom. The summed E-state index contributed by atoms with van der Waals surface area (Å²) in [6.45, 7) is -0.360. The van der Waals surface area contributed by atoms with E-state index >= 15 is 0 Å². The summed E-state index contributed by atoms with van der Waals surface area (Å²) in [6, 6.07) is 9.35. The van der Waals surface area contributed by atoms with Crippen molar-refractivity contribution in [3.8, 4) is 0 Å². The van der Waals surface area contributed by atoms with E-state index in [2.05, 4.69) is 4.99 Å². The molecule has 0 saturated carbocycles. The summed E-state index contributed by atoms with van der Waals surface area (Å²) >= 11 is 0. The molecule has 4 atom stereocenters. The van der Waals surface area contributed by atoms with Crippen LogP contribution in [0.25, 0.3) is 0 Å². The van der Waals surface area contributed by atoms with Crippen LogP contribution in [0.4, 0.5) is 0 Å². The van der Waals surface area contributed by atoms with E-state index in [0.29, 0.717) is 6.42 Å². The molecule has 5 heteroatoms. The monoisotopic (exact) mass is 291 g/mol. The summed E-state index contributed by atoms with van der Waals surface area (Å²) in [5, 5.41) is 38.4. The molecule has 114 valence electrons. The number of benzene rings is 1. The normalized spacial score (nSPS) is 29.6. The minimum absolute atomic E-state index is 0.290. The first-order valence-corrected chi connectivity index (χ1v) is 7.04. The molecule has 0 aromatic heterocycles. The van der Waals surface area contributed by atoms with Gasteiger partial charge in [-0.25, -0.2) is 0 Å². The van der Waals surface area contributed by atoms with E-state index in [1.165, 1.54) is 11.6 Å². The summed E-state index contributed by atoms with van der Waals surface area (Å²) in [7, 11) is 0. The number of rotatable bonds is 5. The molecule has 0 fully saturated rings. The van der Waals surface area contributed by atoms with E-state index in [1.54, 1.807) is 6.21 Å². The van der Waals surface area contributed by atoms with Gasteiger partial charge < -0.3 is 20.4 Å². The van der Waals surface area contributed by atoms with Gasteiger partial charge >= 0.3 is 0 Å². The fourth-order valence-corrected chi connectivity index (χ4v) is 2.37. The van der Waals surface area contributed by atoms with Gasteiger partial charge in [-0.15, -0.1) is 0 Å². The Morgan fingerprint density at radius 1 is 1.05 bits per heavy atom. The molecule has 0 heterocycles. The van der Waals surface area contributed by atoms with Crippen LogP contribution < -0.4 is 0 Å². The number of aliphatic hydroxyl groups is 4. The van der Waals surface area contributed by atoms with Gasteiger partial charge in [-0.3, -0.25) is 4.99 Å². The molecule has 0 aliphatic heterocycles. The van der Waals surface area contributed by atoms with Gasteiger partial charge in [-0.1, -0.05) is 36.4 Å². The molecule has 5 nitrogen and oxygen atoms in total. The minimum atomic E-state index is -1.33. The van der Waals surface area contributed by atoms with Crippen LogP contribution >= 0.6 is 0 Å². The van der Waals surface area contributed by atoms with Crippen LogP contribution in [0.3, 0.4) is 0 Å². The van der Waals surface area contributed by atoms with Crippen LogP contribution in [0.5, 0.6) is 0 Å². The second kappa shape index (κ2) is 7.47. The fourth-order valence-electron chi connectivity index (χ4n) is 2.37. The third-order valence-corrected chi connectivity index (χ3v) is 3.65. The highest BCUT2D eigenvalue weighted by Gasteiger charge is 2.36. The van der Waals surface area contributed by atoms with Gasteiger partial charge in [0, 0.05) is 0 Å². The van der Waals surface area contributed by atoms with Crippen molar-refractivity contribution in [3.63, 3.8) is 0 Å². The van der Waals surface area contributed by atoms with Crippen molar-refractivity contribution >= 4 is 6.21 Å². The highest BCUT2D eigenvalue weighted by molar-refractivity contribution is 5.58.